The summed E-state index contributed by atoms with van der Waals surface area (Å²) in [5, 5.41) is 12.2. The number of furan rings is 1. The zero-order chi connectivity index (χ0) is 20.0. The number of fused-ring (bicyclic) bond motifs is 3. The van der Waals surface area contributed by atoms with Crippen LogP contribution < -0.4 is 4.57 Å². The highest BCUT2D eigenvalue weighted by Crippen LogP contribution is 2.41. The number of nitrogens with zero attached hydrogens (tertiary/aromatic N) is 2. The summed E-state index contributed by atoms with van der Waals surface area (Å²) in [4.78, 5) is 0. The second-order valence-electron chi connectivity index (χ2n) is 8.29. The highest BCUT2D eigenvalue weighted by molar-refractivity contribution is 6.11. The summed E-state index contributed by atoms with van der Waals surface area (Å²) >= 11 is 0. The van der Waals surface area contributed by atoms with Crippen LogP contribution in [0.1, 0.15) is 54.7 Å². The maximum atomic E-state index is 10.0. The van der Waals surface area contributed by atoms with Crippen LogP contribution in [0.2, 0.25) is 0 Å². The van der Waals surface area contributed by atoms with Crippen molar-refractivity contribution in [2.24, 2.45) is 7.05 Å². The molecule has 0 radical (unpaired) electrons. The van der Waals surface area contributed by atoms with Crippen LogP contribution in [0.25, 0.3) is 33.2 Å². The molecular formula is C26H25N2O+. The van der Waals surface area contributed by atoms with E-state index in [1.165, 1.54) is 43.2 Å². The lowest BCUT2D eigenvalue weighted by Crippen LogP contribution is -2.30. The fourth-order valence-corrected chi connectivity index (χ4v) is 4.99. The lowest BCUT2D eigenvalue weighted by Gasteiger charge is -2.22. The fraction of sp³-hybridized carbons (Fsp3) is 0.308. The Morgan fingerprint density at radius 2 is 1.72 bits per heavy atom. The van der Waals surface area contributed by atoms with Gasteiger partial charge in [0.1, 0.15) is 18.7 Å². The smallest absolute Gasteiger partial charge is 0.216 e. The fourth-order valence-electron chi connectivity index (χ4n) is 4.99. The SMILES string of the molecule is Cc1ccc2c(oc3c(C#N)c(C4CCCCC4)ccc32)c1-c1cccc[n+]1C. The molecular weight excluding hydrogens is 356 g/mol. The van der Waals surface area contributed by atoms with Crippen LogP contribution in [0.3, 0.4) is 0 Å². The third-order valence-corrected chi connectivity index (χ3v) is 6.52. The van der Waals surface area contributed by atoms with Crippen molar-refractivity contribution in [3.63, 3.8) is 0 Å². The highest BCUT2D eigenvalue weighted by atomic mass is 16.3. The van der Waals surface area contributed by atoms with Crippen molar-refractivity contribution >= 4 is 21.9 Å². The van der Waals surface area contributed by atoms with Gasteiger partial charge in [-0.3, -0.25) is 0 Å². The van der Waals surface area contributed by atoms with Crippen molar-refractivity contribution in [2.45, 2.75) is 44.9 Å². The zero-order valence-electron chi connectivity index (χ0n) is 17.0. The third-order valence-electron chi connectivity index (χ3n) is 6.52. The van der Waals surface area contributed by atoms with E-state index in [-0.39, 0.29) is 0 Å². The lowest BCUT2D eigenvalue weighted by atomic mass is 9.82. The van der Waals surface area contributed by atoms with Crippen LogP contribution in [0.5, 0.6) is 0 Å². The molecule has 1 aliphatic carbocycles. The molecule has 0 unspecified atom stereocenters. The molecule has 0 saturated heterocycles. The van der Waals surface area contributed by atoms with Crippen LogP contribution in [-0.4, -0.2) is 0 Å². The Balaban J connectivity index is 1.81. The van der Waals surface area contributed by atoms with E-state index in [4.69, 9.17) is 4.42 Å². The van der Waals surface area contributed by atoms with E-state index in [1.807, 2.05) is 6.07 Å². The van der Waals surface area contributed by atoms with Crippen LogP contribution in [0.15, 0.2) is 53.1 Å². The Morgan fingerprint density at radius 1 is 0.966 bits per heavy atom. The molecule has 0 spiro atoms. The maximum Gasteiger partial charge on any atom is 0.216 e. The number of aryl methyl sites for hydroxylation is 2. The van der Waals surface area contributed by atoms with E-state index in [9.17, 15) is 5.26 Å². The Bertz CT molecular complexity index is 1270. The van der Waals surface area contributed by atoms with Gasteiger partial charge in [0.05, 0.1) is 11.1 Å². The molecule has 2 aromatic heterocycles. The first-order valence-electron chi connectivity index (χ1n) is 10.5. The topological polar surface area (TPSA) is 40.8 Å². The van der Waals surface area contributed by atoms with E-state index in [2.05, 4.69) is 67.2 Å². The minimum Gasteiger partial charge on any atom is -0.454 e. The van der Waals surface area contributed by atoms with E-state index in [0.29, 0.717) is 5.92 Å². The second kappa shape index (κ2) is 7.04. The summed E-state index contributed by atoms with van der Waals surface area (Å²) in [7, 11) is 2.05. The average Bonchev–Trinajstić information content (AvgIpc) is 3.13. The molecule has 29 heavy (non-hydrogen) atoms. The minimum absolute atomic E-state index is 0.476. The number of aromatic nitrogens is 1. The summed E-state index contributed by atoms with van der Waals surface area (Å²) in [5.41, 5.74) is 6.90. The first-order valence-corrected chi connectivity index (χ1v) is 10.5. The Morgan fingerprint density at radius 3 is 2.48 bits per heavy atom. The summed E-state index contributed by atoms with van der Waals surface area (Å²) in [5.74, 6) is 0.476. The molecule has 0 bridgehead atoms. The molecule has 0 atom stereocenters. The van der Waals surface area contributed by atoms with Crippen LogP contribution in [-0.2, 0) is 7.05 Å². The standard InChI is InChI=1S/C26H25N2O/c1-17-11-12-21-20-14-13-19(18-8-4-3-5-9-18)22(16-27)25(20)29-26(21)24(17)23-10-6-7-15-28(23)2/h6-7,10-15,18H,3-5,8-9H2,1-2H3/q+1. The Hall–Kier alpha value is -3.12. The number of pyridine rings is 1. The van der Waals surface area contributed by atoms with Crippen LogP contribution >= 0.6 is 0 Å². The monoisotopic (exact) mass is 381 g/mol. The summed E-state index contributed by atoms with van der Waals surface area (Å²) in [6.07, 6.45) is 8.21. The van der Waals surface area contributed by atoms with Crippen LogP contribution in [0.4, 0.5) is 0 Å². The highest BCUT2D eigenvalue weighted by Gasteiger charge is 2.25. The van der Waals surface area contributed by atoms with Crippen molar-refractivity contribution in [3.8, 4) is 17.3 Å². The molecule has 1 saturated carbocycles. The Labute approximate surface area is 171 Å². The van der Waals surface area contributed by atoms with E-state index in [1.54, 1.807) is 0 Å². The van der Waals surface area contributed by atoms with Crippen LogP contribution in [0, 0.1) is 18.3 Å². The van der Waals surface area contributed by atoms with Gasteiger partial charge in [0.2, 0.25) is 5.69 Å². The molecule has 144 valence electrons. The third kappa shape index (κ3) is 2.83. The molecule has 4 aromatic rings. The van der Waals surface area contributed by atoms with Gasteiger partial charge in [0, 0.05) is 22.9 Å². The van der Waals surface area contributed by atoms with Crippen molar-refractivity contribution in [3.05, 3.63) is 65.4 Å². The average molecular weight is 381 g/mol. The second-order valence-corrected chi connectivity index (χ2v) is 8.29. The summed E-state index contributed by atoms with van der Waals surface area (Å²) < 4.78 is 8.61. The molecule has 1 fully saturated rings. The van der Waals surface area contributed by atoms with Crippen molar-refractivity contribution < 1.29 is 8.98 Å². The van der Waals surface area contributed by atoms with Gasteiger partial charge in [0.15, 0.2) is 11.8 Å². The van der Waals surface area contributed by atoms with Gasteiger partial charge in [-0.05, 0) is 42.9 Å². The van der Waals surface area contributed by atoms with E-state index < -0.39 is 0 Å². The van der Waals surface area contributed by atoms with Gasteiger partial charge in [-0.2, -0.15) is 5.26 Å². The Kier molecular flexibility index (Phi) is 4.36. The molecule has 2 aromatic carbocycles. The van der Waals surface area contributed by atoms with Crippen molar-refractivity contribution in [1.29, 1.82) is 5.26 Å². The molecule has 0 aliphatic heterocycles. The molecule has 0 amide bonds. The number of benzene rings is 2. The predicted octanol–water partition coefficient (Wildman–Crippen LogP) is 6.31. The van der Waals surface area contributed by atoms with Gasteiger partial charge in [0.25, 0.3) is 0 Å². The predicted molar refractivity (Wildman–Crippen MR) is 116 cm³/mol. The van der Waals surface area contributed by atoms with Crippen molar-refractivity contribution in [1.82, 2.24) is 0 Å². The first kappa shape index (κ1) is 17.9. The number of rotatable bonds is 2. The van der Waals surface area contributed by atoms with Gasteiger partial charge in [-0.15, -0.1) is 0 Å². The molecule has 3 nitrogen and oxygen atoms in total. The molecule has 3 heteroatoms. The first-order chi connectivity index (χ1) is 14.2. The number of nitriles is 1. The van der Waals surface area contributed by atoms with Gasteiger partial charge in [-0.25, -0.2) is 4.57 Å². The minimum atomic E-state index is 0.476. The van der Waals surface area contributed by atoms with Crippen molar-refractivity contribution in [2.75, 3.05) is 0 Å². The van der Waals surface area contributed by atoms with Gasteiger partial charge >= 0.3 is 0 Å². The van der Waals surface area contributed by atoms with E-state index in [0.717, 1.165) is 38.8 Å². The molecule has 2 heterocycles. The van der Waals surface area contributed by atoms with Gasteiger partial charge < -0.3 is 4.42 Å². The molecule has 1 aliphatic rings. The normalized spacial score (nSPS) is 15.1. The summed E-state index contributed by atoms with van der Waals surface area (Å²) in [6, 6.07) is 17.3. The molecule has 0 N–H and O–H groups in total. The molecule has 5 rings (SSSR count). The van der Waals surface area contributed by atoms with Gasteiger partial charge in [-0.1, -0.05) is 43.5 Å². The maximum absolute atomic E-state index is 10.0. The quantitative estimate of drug-likeness (QED) is 0.382. The zero-order valence-corrected chi connectivity index (χ0v) is 17.0. The summed E-state index contributed by atoms with van der Waals surface area (Å²) in [6.45, 7) is 2.12. The number of hydrogen-bond donors (Lipinski definition) is 0. The number of hydrogen-bond acceptors (Lipinski definition) is 2. The largest absolute Gasteiger partial charge is 0.454 e. The lowest BCUT2D eigenvalue weighted by molar-refractivity contribution is -0.660. The van der Waals surface area contributed by atoms with E-state index >= 15 is 0 Å².